The van der Waals surface area contributed by atoms with E-state index in [2.05, 4.69) is 28.1 Å². The van der Waals surface area contributed by atoms with Crippen molar-refractivity contribution in [3.63, 3.8) is 0 Å². The summed E-state index contributed by atoms with van der Waals surface area (Å²) in [4.78, 5) is 12.4. The van der Waals surface area contributed by atoms with Crippen molar-refractivity contribution in [3.05, 3.63) is 34.3 Å². The molecule has 2 rings (SSSR count). The number of esters is 1. The molecule has 0 heterocycles. The van der Waals surface area contributed by atoms with Gasteiger partial charge in [0.15, 0.2) is 0 Å². The van der Waals surface area contributed by atoms with E-state index in [-0.39, 0.29) is 11.4 Å². The molecule has 0 atom stereocenters. The van der Waals surface area contributed by atoms with Crippen LogP contribution in [-0.4, -0.2) is 11.6 Å². The topological polar surface area (TPSA) is 26.3 Å². The van der Waals surface area contributed by atoms with Gasteiger partial charge in [-0.05, 0) is 57.7 Å². The molecule has 0 N–H and O–H groups in total. The van der Waals surface area contributed by atoms with Crippen LogP contribution in [0.1, 0.15) is 45.6 Å². The highest BCUT2D eigenvalue weighted by atomic mass is 79.9. The lowest BCUT2D eigenvalue weighted by atomic mass is 9.65. The maximum atomic E-state index is 12.4. The van der Waals surface area contributed by atoms with Gasteiger partial charge >= 0.3 is 5.97 Å². The molecule has 0 saturated heterocycles. The van der Waals surface area contributed by atoms with Crippen LogP contribution in [0.5, 0.6) is 0 Å². The van der Waals surface area contributed by atoms with E-state index in [4.69, 9.17) is 4.74 Å². The third-order valence-electron chi connectivity index (χ3n) is 3.57. The quantitative estimate of drug-likeness (QED) is 0.765. The van der Waals surface area contributed by atoms with Crippen molar-refractivity contribution in [2.24, 2.45) is 5.41 Å². The van der Waals surface area contributed by atoms with Crippen molar-refractivity contribution >= 4 is 21.9 Å². The molecule has 0 bridgehead atoms. The fraction of sp³-hybridized carbons (Fsp3) is 0.562. The molecule has 1 aliphatic rings. The summed E-state index contributed by atoms with van der Waals surface area (Å²) in [5.41, 5.74) is 0.491. The molecule has 0 aliphatic heterocycles. The third-order valence-corrected chi connectivity index (χ3v) is 4.07. The van der Waals surface area contributed by atoms with Crippen LogP contribution >= 0.6 is 15.9 Å². The SMILES string of the molecule is CC(C)(C)OC(=O)C1(Cc2cccc(Br)c2)CCC1. The summed E-state index contributed by atoms with van der Waals surface area (Å²) in [6.45, 7) is 5.78. The van der Waals surface area contributed by atoms with Crippen molar-refractivity contribution < 1.29 is 9.53 Å². The average molecular weight is 325 g/mol. The summed E-state index contributed by atoms with van der Waals surface area (Å²) < 4.78 is 6.66. The number of rotatable bonds is 3. The van der Waals surface area contributed by atoms with E-state index in [0.717, 1.165) is 30.2 Å². The molecule has 0 unspecified atom stereocenters. The summed E-state index contributed by atoms with van der Waals surface area (Å²) in [5.74, 6) is -0.0359. The van der Waals surface area contributed by atoms with Crippen LogP contribution in [0.2, 0.25) is 0 Å². The Morgan fingerprint density at radius 1 is 1.37 bits per heavy atom. The van der Waals surface area contributed by atoms with E-state index in [1.807, 2.05) is 32.9 Å². The molecule has 0 spiro atoms. The van der Waals surface area contributed by atoms with Crippen molar-refractivity contribution in [2.45, 2.75) is 52.1 Å². The molecule has 104 valence electrons. The average Bonchev–Trinajstić information content (AvgIpc) is 2.20. The number of carbonyl (C=O) groups excluding carboxylic acids is 1. The van der Waals surface area contributed by atoms with Gasteiger partial charge in [0, 0.05) is 4.47 Å². The highest BCUT2D eigenvalue weighted by Gasteiger charge is 2.46. The van der Waals surface area contributed by atoms with Crippen LogP contribution in [0.4, 0.5) is 0 Å². The Morgan fingerprint density at radius 2 is 2.05 bits per heavy atom. The zero-order valence-electron chi connectivity index (χ0n) is 11.8. The zero-order chi connectivity index (χ0) is 14.1. The predicted molar refractivity (Wildman–Crippen MR) is 80.0 cm³/mol. The highest BCUT2D eigenvalue weighted by molar-refractivity contribution is 9.10. The summed E-state index contributed by atoms with van der Waals surface area (Å²) in [6.07, 6.45) is 3.78. The van der Waals surface area contributed by atoms with E-state index < -0.39 is 5.60 Å². The van der Waals surface area contributed by atoms with Gasteiger partial charge in [0.2, 0.25) is 0 Å². The van der Waals surface area contributed by atoms with E-state index in [1.165, 1.54) is 5.56 Å². The second kappa shape index (κ2) is 5.28. The maximum absolute atomic E-state index is 12.4. The van der Waals surface area contributed by atoms with Crippen LogP contribution < -0.4 is 0 Å². The second-order valence-corrected chi connectivity index (χ2v) is 7.36. The first-order chi connectivity index (χ1) is 8.81. The fourth-order valence-corrected chi connectivity index (χ4v) is 2.93. The molecule has 0 radical (unpaired) electrons. The summed E-state index contributed by atoms with van der Waals surface area (Å²) in [7, 11) is 0. The lowest BCUT2D eigenvalue weighted by Crippen LogP contribution is -2.44. The van der Waals surface area contributed by atoms with Gasteiger partial charge in [0.05, 0.1) is 5.41 Å². The molecular weight excluding hydrogens is 304 g/mol. The first-order valence-electron chi connectivity index (χ1n) is 6.79. The Balaban J connectivity index is 2.13. The van der Waals surface area contributed by atoms with Crippen molar-refractivity contribution in [2.75, 3.05) is 0 Å². The third kappa shape index (κ3) is 3.59. The number of ether oxygens (including phenoxy) is 1. The monoisotopic (exact) mass is 324 g/mol. The minimum atomic E-state index is -0.406. The van der Waals surface area contributed by atoms with Crippen LogP contribution in [0.3, 0.4) is 0 Å². The van der Waals surface area contributed by atoms with Gasteiger partial charge in [0.25, 0.3) is 0 Å². The van der Waals surface area contributed by atoms with E-state index >= 15 is 0 Å². The molecule has 0 amide bonds. The van der Waals surface area contributed by atoms with Gasteiger partial charge in [-0.1, -0.05) is 34.5 Å². The molecular formula is C16H21BrO2. The van der Waals surface area contributed by atoms with Gasteiger partial charge in [-0.15, -0.1) is 0 Å². The van der Waals surface area contributed by atoms with Gasteiger partial charge in [-0.2, -0.15) is 0 Å². The van der Waals surface area contributed by atoms with Crippen LogP contribution in [-0.2, 0) is 16.0 Å². The molecule has 1 aromatic rings. The highest BCUT2D eigenvalue weighted by Crippen LogP contribution is 2.45. The Hall–Kier alpha value is -0.830. The van der Waals surface area contributed by atoms with Gasteiger partial charge in [-0.3, -0.25) is 4.79 Å². The maximum Gasteiger partial charge on any atom is 0.312 e. The second-order valence-electron chi connectivity index (χ2n) is 6.44. The summed E-state index contributed by atoms with van der Waals surface area (Å²) in [6, 6.07) is 8.19. The van der Waals surface area contributed by atoms with Crippen molar-refractivity contribution in [3.8, 4) is 0 Å². The van der Waals surface area contributed by atoms with Crippen molar-refractivity contribution in [1.82, 2.24) is 0 Å². The molecule has 1 fully saturated rings. The number of benzene rings is 1. The normalized spacial score (nSPS) is 17.7. The predicted octanol–water partition coefficient (Wildman–Crippen LogP) is 4.50. The van der Waals surface area contributed by atoms with E-state index in [1.54, 1.807) is 0 Å². The van der Waals surface area contributed by atoms with Crippen molar-refractivity contribution in [1.29, 1.82) is 0 Å². The zero-order valence-corrected chi connectivity index (χ0v) is 13.4. The van der Waals surface area contributed by atoms with Gasteiger partial charge in [0.1, 0.15) is 5.60 Å². The molecule has 2 nitrogen and oxygen atoms in total. The molecule has 1 aliphatic carbocycles. The van der Waals surface area contributed by atoms with Gasteiger partial charge < -0.3 is 4.74 Å². The van der Waals surface area contributed by atoms with Crippen LogP contribution in [0.15, 0.2) is 28.7 Å². The lowest BCUT2D eigenvalue weighted by molar-refractivity contribution is -0.173. The summed E-state index contributed by atoms with van der Waals surface area (Å²) >= 11 is 3.48. The van der Waals surface area contributed by atoms with Gasteiger partial charge in [-0.25, -0.2) is 0 Å². The number of halogens is 1. The Morgan fingerprint density at radius 3 is 2.53 bits per heavy atom. The standard InChI is InChI=1S/C16H21BrO2/c1-15(2,3)19-14(18)16(8-5-9-16)11-12-6-4-7-13(17)10-12/h4,6-7,10H,5,8-9,11H2,1-3H3. The minimum absolute atomic E-state index is 0.0359. The largest absolute Gasteiger partial charge is 0.460 e. The lowest BCUT2D eigenvalue weighted by Gasteiger charge is -2.41. The number of hydrogen-bond donors (Lipinski definition) is 0. The number of carbonyl (C=O) groups is 1. The van der Waals surface area contributed by atoms with E-state index in [9.17, 15) is 4.79 Å². The molecule has 19 heavy (non-hydrogen) atoms. The Kier molecular flexibility index (Phi) is 4.05. The fourth-order valence-electron chi connectivity index (χ4n) is 2.48. The van der Waals surface area contributed by atoms with E-state index in [0.29, 0.717) is 0 Å². The first kappa shape index (κ1) is 14.6. The summed E-state index contributed by atoms with van der Waals surface area (Å²) in [5, 5.41) is 0. The number of hydrogen-bond acceptors (Lipinski definition) is 2. The molecule has 3 heteroatoms. The molecule has 1 saturated carbocycles. The minimum Gasteiger partial charge on any atom is -0.460 e. The smallest absolute Gasteiger partial charge is 0.312 e. The van der Waals surface area contributed by atoms with Crippen LogP contribution in [0, 0.1) is 5.41 Å². The molecule has 1 aromatic carbocycles. The Bertz CT molecular complexity index is 470. The Labute approximate surface area is 123 Å². The van der Waals surface area contributed by atoms with Crippen LogP contribution in [0.25, 0.3) is 0 Å². The first-order valence-corrected chi connectivity index (χ1v) is 7.58. The molecule has 0 aromatic heterocycles.